The van der Waals surface area contributed by atoms with Gasteiger partial charge in [-0.2, -0.15) is 11.8 Å². The number of nitrogens with one attached hydrogen (secondary N) is 1. The highest BCUT2D eigenvalue weighted by atomic mass is 35.5. The van der Waals surface area contributed by atoms with Crippen LogP contribution in [-0.2, 0) is 0 Å². The van der Waals surface area contributed by atoms with E-state index in [4.69, 9.17) is 16.7 Å². The second-order valence-corrected chi connectivity index (χ2v) is 5.83. The van der Waals surface area contributed by atoms with Gasteiger partial charge < -0.3 is 10.4 Å². The summed E-state index contributed by atoms with van der Waals surface area (Å²) in [5.74, 6) is 1.27. The molecule has 0 aliphatic heterocycles. The lowest BCUT2D eigenvalue weighted by molar-refractivity contribution is 0.0697. The van der Waals surface area contributed by atoms with Crippen LogP contribution in [0.1, 0.15) is 30.6 Å². The number of thioether (sulfide) groups is 1. The maximum absolute atomic E-state index is 10.8. The number of benzene rings is 1. The number of hydrogen-bond donors (Lipinski definition) is 2. The third-order valence-electron chi connectivity index (χ3n) is 2.52. The molecule has 0 radical (unpaired) electrons. The first-order valence-electron chi connectivity index (χ1n) is 5.91. The molecule has 1 unspecified atom stereocenters. The smallest absolute Gasteiger partial charge is 0.335 e. The molecular formula is C13H18ClNO2S. The lowest BCUT2D eigenvalue weighted by atomic mass is 10.2. The Morgan fingerprint density at radius 3 is 2.83 bits per heavy atom. The molecule has 0 saturated heterocycles. The van der Waals surface area contributed by atoms with Gasteiger partial charge in [0, 0.05) is 6.04 Å². The van der Waals surface area contributed by atoms with Crippen molar-refractivity contribution in [3.8, 4) is 0 Å². The van der Waals surface area contributed by atoms with Gasteiger partial charge in [-0.05, 0) is 43.0 Å². The minimum atomic E-state index is -0.962. The van der Waals surface area contributed by atoms with Crippen molar-refractivity contribution in [1.82, 2.24) is 0 Å². The SMILES string of the molecule is CCSCCC(C)Nc1ccc(C(=O)O)cc1Cl. The van der Waals surface area contributed by atoms with Crippen LogP contribution in [0.15, 0.2) is 18.2 Å². The summed E-state index contributed by atoms with van der Waals surface area (Å²) < 4.78 is 0. The Morgan fingerprint density at radius 1 is 1.56 bits per heavy atom. The topological polar surface area (TPSA) is 49.3 Å². The Hall–Kier alpha value is -0.870. The average Bonchev–Trinajstić information content (AvgIpc) is 2.32. The Morgan fingerprint density at radius 2 is 2.28 bits per heavy atom. The minimum Gasteiger partial charge on any atom is -0.478 e. The van der Waals surface area contributed by atoms with Gasteiger partial charge in [-0.1, -0.05) is 18.5 Å². The molecule has 100 valence electrons. The van der Waals surface area contributed by atoms with E-state index in [1.165, 1.54) is 6.07 Å². The molecule has 1 rings (SSSR count). The molecule has 0 amide bonds. The highest BCUT2D eigenvalue weighted by Gasteiger charge is 2.09. The zero-order valence-corrected chi connectivity index (χ0v) is 12.1. The van der Waals surface area contributed by atoms with Crippen molar-refractivity contribution in [2.75, 3.05) is 16.8 Å². The first kappa shape index (κ1) is 15.2. The maximum atomic E-state index is 10.8. The predicted molar refractivity (Wildman–Crippen MR) is 79.1 cm³/mol. The van der Waals surface area contributed by atoms with Crippen molar-refractivity contribution < 1.29 is 9.90 Å². The van der Waals surface area contributed by atoms with E-state index in [1.54, 1.807) is 12.1 Å². The molecule has 0 saturated carbocycles. The summed E-state index contributed by atoms with van der Waals surface area (Å²) in [5.41, 5.74) is 0.996. The number of carboxylic acid groups (broad SMARTS) is 1. The van der Waals surface area contributed by atoms with Crippen molar-refractivity contribution in [1.29, 1.82) is 0 Å². The van der Waals surface area contributed by atoms with E-state index in [-0.39, 0.29) is 5.56 Å². The fourth-order valence-corrected chi connectivity index (χ4v) is 2.55. The van der Waals surface area contributed by atoms with Gasteiger partial charge in [0.15, 0.2) is 0 Å². The summed E-state index contributed by atoms with van der Waals surface area (Å²) in [5, 5.41) is 12.6. The van der Waals surface area contributed by atoms with E-state index < -0.39 is 5.97 Å². The Balaban J connectivity index is 2.59. The quantitative estimate of drug-likeness (QED) is 0.745. The Kier molecular flexibility index (Phi) is 6.36. The molecule has 0 spiro atoms. The molecule has 0 heterocycles. The summed E-state index contributed by atoms with van der Waals surface area (Å²) in [6, 6.07) is 5.07. The molecule has 0 aliphatic carbocycles. The molecule has 0 fully saturated rings. The van der Waals surface area contributed by atoms with E-state index in [2.05, 4.69) is 19.2 Å². The fourth-order valence-electron chi connectivity index (χ4n) is 1.51. The standard InChI is InChI=1S/C13H18ClNO2S/c1-3-18-7-6-9(2)15-12-5-4-10(13(16)17)8-11(12)14/h4-5,8-9,15H,3,6-7H2,1-2H3,(H,16,17). The Labute approximate surface area is 117 Å². The molecule has 0 bridgehead atoms. The van der Waals surface area contributed by atoms with E-state index in [0.717, 1.165) is 23.6 Å². The van der Waals surface area contributed by atoms with Crippen molar-refractivity contribution in [2.24, 2.45) is 0 Å². The molecular weight excluding hydrogens is 270 g/mol. The van der Waals surface area contributed by atoms with Crippen molar-refractivity contribution >= 4 is 35.0 Å². The highest BCUT2D eigenvalue weighted by Crippen LogP contribution is 2.24. The number of hydrogen-bond acceptors (Lipinski definition) is 3. The van der Waals surface area contributed by atoms with Crippen LogP contribution in [0.3, 0.4) is 0 Å². The molecule has 1 atom stereocenters. The summed E-state index contributed by atoms with van der Waals surface area (Å²) in [7, 11) is 0. The van der Waals surface area contributed by atoms with Gasteiger partial charge in [-0.15, -0.1) is 0 Å². The molecule has 18 heavy (non-hydrogen) atoms. The van der Waals surface area contributed by atoms with E-state index in [0.29, 0.717) is 11.1 Å². The van der Waals surface area contributed by atoms with Gasteiger partial charge in [-0.25, -0.2) is 4.79 Å². The van der Waals surface area contributed by atoms with Crippen LogP contribution in [-0.4, -0.2) is 28.6 Å². The minimum absolute atomic E-state index is 0.208. The Bertz CT molecular complexity index is 412. The van der Waals surface area contributed by atoms with Crippen molar-refractivity contribution in [2.45, 2.75) is 26.3 Å². The normalized spacial score (nSPS) is 12.2. The second kappa shape index (κ2) is 7.54. The second-order valence-electron chi connectivity index (χ2n) is 4.03. The molecule has 0 aromatic heterocycles. The predicted octanol–water partition coefficient (Wildman–Crippen LogP) is 3.98. The summed E-state index contributed by atoms with van der Waals surface area (Å²) in [6.45, 7) is 4.24. The van der Waals surface area contributed by atoms with Crippen LogP contribution in [0, 0.1) is 0 Å². The van der Waals surface area contributed by atoms with Gasteiger partial charge in [-0.3, -0.25) is 0 Å². The lowest BCUT2D eigenvalue weighted by Gasteiger charge is -2.16. The van der Waals surface area contributed by atoms with Crippen LogP contribution in [0.5, 0.6) is 0 Å². The number of carbonyl (C=O) groups is 1. The summed E-state index contributed by atoms with van der Waals surface area (Å²) in [4.78, 5) is 10.8. The molecule has 1 aromatic rings. The third kappa shape index (κ3) is 4.78. The summed E-state index contributed by atoms with van der Waals surface area (Å²) >= 11 is 7.95. The largest absolute Gasteiger partial charge is 0.478 e. The van der Waals surface area contributed by atoms with Crippen LogP contribution >= 0.6 is 23.4 Å². The molecule has 1 aromatic carbocycles. The average molecular weight is 288 g/mol. The van der Waals surface area contributed by atoms with Crippen LogP contribution in [0.2, 0.25) is 5.02 Å². The number of halogens is 1. The first-order valence-corrected chi connectivity index (χ1v) is 7.45. The number of rotatable bonds is 7. The molecule has 5 heteroatoms. The van der Waals surface area contributed by atoms with Gasteiger partial charge in [0.25, 0.3) is 0 Å². The zero-order valence-electron chi connectivity index (χ0n) is 10.6. The monoisotopic (exact) mass is 287 g/mol. The van der Waals surface area contributed by atoms with Gasteiger partial charge in [0.2, 0.25) is 0 Å². The zero-order chi connectivity index (χ0) is 13.5. The van der Waals surface area contributed by atoms with Crippen LogP contribution in [0.4, 0.5) is 5.69 Å². The van der Waals surface area contributed by atoms with E-state index in [9.17, 15) is 4.79 Å². The summed E-state index contributed by atoms with van der Waals surface area (Å²) in [6.07, 6.45) is 1.05. The number of anilines is 1. The maximum Gasteiger partial charge on any atom is 0.335 e. The molecule has 0 aliphatic rings. The van der Waals surface area contributed by atoms with E-state index in [1.807, 2.05) is 11.8 Å². The lowest BCUT2D eigenvalue weighted by Crippen LogP contribution is -2.16. The number of carboxylic acids is 1. The third-order valence-corrected chi connectivity index (χ3v) is 3.76. The van der Waals surface area contributed by atoms with Gasteiger partial charge >= 0.3 is 5.97 Å². The van der Waals surface area contributed by atoms with Crippen LogP contribution in [0.25, 0.3) is 0 Å². The van der Waals surface area contributed by atoms with E-state index >= 15 is 0 Å². The van der Waals surface area contributed by atoms with Gasteiger partial charge in [0.1, 0.15) is 0 Å². The number of aromatic carboxylic acids is 1. The molecule has 3 nitrogen and oxygen atoms in total. The first-order chi connectivity index (χ1) is 8.54. The fraction of sp³-hybridized carbons (Fsp3) is 0.462. The highest BCUT2D eigenvalue weighted by molar-refractivity contribution is 7.99. The van der Waals surface area contributed by atoms with Crippen molar-refractivity contribution in [3.05, 3.63) is 28.8 Å². The molecule has 2 N–H and O–H groups in total. The van der Waals surface area contributed by atoms with Crippen LogP contribution < -0.4 is 5.32 Å². The van der Waals surface area contributed by atoms with Gasteiger partial charge in [0.05, 0.1) is 16.3 Å². The van der Waals surface area contributed by atoms with Crippen molar-refractivity contribution in [3.63, 3.8) is 0 Å².